The standard InChI is InChI=1S/C22H18Cl2N2O3S/c1-15-7-9-17(10-8-15)14-26-22(27)25(13-16-5-3-2-4-6-16)20-12-18(23)11-19(24)21(20)30(26,28)29/h2-12H,13-14H2,1H3. The van der Waals surface area contributed by atoms with Gasteiger partial charge in [0.15, 0.2) is 0 Å². The third kappa shape index (κ3) is 3.78. The molecule has 2 amide bonds. The van der Waals surface area contributed by atoms with Crippen molar-refractivity contribution in [1.29, 1.82) is 0 Å². The first-order valence-corrected chi connectivity index (χ1v) is 11.4. The lowest BCUT2D eigenvalue weighted by atomic mass is 10.1. The van der Waals surface area contributed by atoms with E-state index >= 15 is 0 Å². The summed E-state index contributed by atoms with van der Waals surface area (Å²) in [6.07, 6.45) is 0. The highest BCUT2D eigenvalue weighted by molar-refractivity contribution is 7.90. The molecule has 0 atom stereocenters. The summed E-state index contributed by atoms with van der Waals surface area (Å²) in [4.78, 5) is 14.7. The summed E-state index contributed by atoms with van der Waals surface area (Å²) in [6.45, 7) is 2.03. The van der Waals surface area contributed by atoms with Crippen molar-refractivity contribution in [1.82, 2.24) is 4.31 Å². The number of carbonyl (C=O) groups excluding carboxylic acids is 1. The van der Waals surface area contributed by atoms with Crippen molar-refractivity contribution in [2.45, 2.75) is 24.9 Å². The molecule has 0 fully saturated rings. The van der Waals surface area contributed by atoms with E-state index in [0.29, 0.717) is 5.56 Å². The quantitative estimate of drug-likeness (QED) is 0.506. The van der Waals surface area contributed by atoms with Gasteiger partial charge in [-0.2, -0.15) is 0 Å². The number of rotatable bonds is 4. The largest absolute Gasteiger partial charge is 0.339 e. The third-order valence-electron chi connectivity index (χ3n) is 4.90. The molecule has 5 nitrogen and oxygen atoms in total. The van der Waals surface area contributed by atoms with Gasteiger partial charge >= 0.3 is 6.03 Å². The van der Waals surface area contributed by atoms with E-state index in [2.05, 4.69) is 0 Å². The molecule has 0 bridgehead atoms. The van der Waals surface area contributed by atoms with Gasteiger partial charge in [-0.15, -0.1) is 0 Å². The van der Waals surface area contributed by atoms with Crippen molar-refractivity contribution in [3.8, 4) is 0 Å². The average molecular weight is 461 g/mol. The van der Waals surface area contributed by atoms with Gasteiger partial charge in [0.25, 0.3) is 10.0 Å². The van der Waals surface area contributed by atoms with Crippen LogP contribution >= 0.6 is 23.2 Å². The Kier molecular flexibility index (Phi) is 5.49. The van der Waals surface area contributed by atoms with Crippen LogP contribution in [0.25, 0.3) is 0 Å². The molecule has 0 aliphatic carbocycles. The maximum absolute atomic E-state index is 13.4. The molecule has 154 valence electrons. The molecule has 0 saturated carbocycles. The van der Waals surface area contributed by atoms with Crippen LogP contribution in [0, 0.1) is 6.92 Å². The van der Waals surface area contributed by atoms with E-state index in [1.54, 1.807) is 12.1 Å². The van der Waals surface area contributed by atoms with Gasteiger partial charge in [-0.25, -0.2) is 17.5 Å². The lowest BCUT2D eigenvalue weighted by Gasteiger charge is -2.37. The highest BCUT2D eigenvalue weighted by atomic mass is 35.5. The van der Waals surface area contributed by atoms with E-state index in [9.17, 15) is 13.2 Å². The predicted molar refractivity (Wildman–Crippen MR) is 118 cm³/mol. The second-order valence-corrected chi connectivity index (χ2v) is 9.73. The number of halogens is 2. The minimum Gasteiger partial charge on any atom is -0.288 e. The van der Waals surface area contributed by atoms with Crippen LogP contribution in [0.3, 0.4) is 0 Å². The number of hydrogen-bond donors (Lipinski definition) is 0. The molecule has 0 N–H and O–H groups in total. The van der Waals surface area contributed by atoms with Crippen molar-refractivity contribution in [3.05, 3.63) is 93.5 Å². The third-order valence-corrected chi connectivity index (χ3v) is 7.34. The van der Waals surface area contributed by atoms with Crippen molar-refractivity contribution >= 4 is 44.9 Å². The lowest BCUT2D eigenvalue weighted by molar-refractivity contribution is 0.226. The van der Waals surface area contributed by atoms with Gasteiger partial charge in [-0.3, -0.25) is 4.90 Å². The molecular formula is C22H18Cl2N2O3S. The number of anilines is 1. The molecule has 0 spiro atoms. The summed E-state index contributed by atoms with van der Waals surface area (Å²) in [5.74, 6) is 0. The van der Waals surface area contributed by atoms with Gasteiger partial charge in [0, 0.05) is 5.02 Å². The summed E-state index contributed by atoms with van der Waals surface area (Å²) < 4.78 is 27.6. The molecule has 1 heterocycles. The van der Waals surface area contributed by atoms with Crippen LogP contribution in [0.2, 0.25) is 10.0 Å². The van der Waals surface area contributed by atoms with E-state index in [1.807, 2.05) is 49.4 Å². The Balaban J connectivity index is 1.84. The Morgan fingerprint density at radius 1 is 0.867 bits per heavy atom. The van der Waals surface area contributed by atoms with Gasteiger partial charge in [0.2, 0.25) is 0 Å². The number of aryl methyl sites for hydroxylation is 1. The molecule has 0 unspecified atom stereocenters. The zero-order valence-electron chi connectivity index (χ0n) is 16.0. The predicted octanol–water partition coefficient (Wildman–Crippen LogP) is 5.63. The smallest absolute Gasteiger partial charge is 0.288 e. The van der Waals surface area contributed by atoms with Crippen LogP contribution in [-0.4, -0.2) is 18.8 Å². The fraction of sp³-hybridized carbons (Fsp3) is 0.136. The number of carbonyl (C=O) groups is 1. The van der Waals surface area contributed by atoms with Crippen molar-refractivity contribution < 1.29 is 13.2 Å². The molecule has 0 radical (unpaired) electrons. The van der Waals surface area contributed by atoms with E-state index < -0.39 is 16.1 Å². The highest BCUT2D eigenvalue weighted by Crippen LogP contribution is 2.42. The number of sulfonamides is 1. The van der Waals surface area contributed by atoms with E-state index in [4.69, 9.17) is 23.2 Å². The van der Waals surface area contributed by atoms with Crippen LogP contribution in [0.5, 0.6) is 0 Å². The minimum atomic E-state index is -4.16. The lowest BCUT2D eigenvalue weighted by Crippen LogP contribution is -2.50. The fourth-order valence-electron chi connectivity index (χ4n) is 3.38. The van der Waals surface area contributed by atoms with Crippen LogP contribution < -0.4 is 4.90 Å². The summed E-state index contributed by atoms with van der Waals surface area (Å²) in [5.41, 5.74) is 2.77. The zero-order valence-corrected chi connectivity index (χ0v) is 18.4. The van der Waals surface area contributed by atoms with E-state index in [1.165, 1.54) is 17.0 Å². The van der Waals surface area contributed by atoms with Crippen LogP contribution in [0.1, 0.15) is 16.7 Å². The summed E-state index contributed by atoms with van der Waals surface area (Å²) in [6, 6.07) is 18.9. The van der Waals surface area contributed by atoms with Gasteiger partial charge in [-0.05, 0) is 30.2 Å². The Hall–Kier alpha value is -2.54. The minimum absolute atomic E-state index is 0.0167. The number of fused-ring (bicyclic) bond motifs is 1. The summed E-state index contributed by atoms with van der Waals surface area (Å²) >= 11 is 12.4. The molecule has 1 aliphatic heterocycles. The van der Waals surface area contributed by atoms with Crippen molar-refractivity contribution in [2.24, 2.45) is 0 Å². The summed E-state index contributed by atoms with van der Waals surface area (Å²) in [5, 5.41) is 0.240. The zero-order chi connectivity index (χ0) is 21.5. The van der Waals surface area contributed by atoms with Crippen LogP contribution in [-0.2, 0) is 23.1 Å². The SMILES string of the molecule is Cc1ccc(CN2C(=O)N(Cc3ccccc3)c3cc(Cl)cc(Cl)c3S2(=O)=O)cc1. The van der Waals surface area contributed by atoms with Gasteiger partial charge < -0.3 is 0 Å². The molecule has 3 aromatic rings. The molecule has 0 aromatic heterocycles. The maximum Gasteiger partial charge on any atom is 0.339 e. The molecule has 4 rings (SSSR count). The monoisotopic (exact) mass is 460 g/mol. The normalized spacial score (nSPS) is 15.2. The highest BCUT2D eigenvalue weighted by Gasteiger charge is 2.43. The number of urea groups is 1. The molecule has 3 aromatic carbocycles. The van der Waals surface area contributed by atoms with Crippen molar-refractivity contribution in [2.75, 3.05) is 4.90 Å². The Morgan fingerprint density at radius 2 is 1.50 bits per heavy atom. The molecule has 0 saturated heterocycles. The number of hydrogen-bond acceptors (Lipinski definition) is 3. The maximum atomic E-state index is 13.4. The summed E-state index contributed by atoms with van der Waals surface area (Å²) in [7, 11) is -4.16. The van der Waals surface area contributed by atoms with E-state index in [-0.39, 0.29) is 33.7 Å². The molecular weight excluding hydrogens is 443 g/mol. The van der Waals surface area contributed by atoms with Gasteiger partial charge in [0.05, 0.1) is 23.8 Å². The van der Waals surface area contributed by atoms with E-state index in [0.717, 1.165) is 15.4 Å². The van der Waals surface area contributed by atoms with Crippen molar-refractivity contribution in [3.63, 3.8) is 0 Å². The second-order valence-electron chi connectivity index (χ2n) is 7.09. The first kappa shape index (κ1) is 20.7. The average Bonchev–Trinajstić information content (AvgIpc) is 2.70. The molecule has 8 heteroatoms. The Morgan fingerprint density at radius 3 is 2.17 bits per heavy atom. The molecule has 30 heavy (non-hydrogen) atoms. The fourth-order valence-corrected chi connectivity index (χ4v) is 5.74. The van der Waals surface area contributed by atoms with Gasteiger partial charge in [0.1, 0.15) is 4.90 Å². The second kappa shape index (κ2) is 7.95. The topological polar surface area (TPSA) is 57.7 Å². The first-order valence-electron chi connectivity index (χ1n) is 9.20. The first-order chi connectivity index (χ1) is 14.3. The van der Waals surface area contributed by atoms with Crippen LogP contribution in [0.15, 0.2) is 71.6 Å². The Labute approximate surface area is 185 Å². The van der Waals surface area contributed by atoms with Gasteiger partial charge in [-0.1, -0.05) is 83.4 Å². The number of nitrogens with zero attached hydrogens (tertiary/aromatic N) is 2. The number of benzene rings is 3. The Bertz CT molecular complexity index is 1210. The van der Waals surface area contributed by atoms with Crippen LogP contribution in [0.4, 0.5) is 10.5 Å². The number of amides is 2. The molecule has 1 aliphatic rings.